The molecule has 0 spiro atoms. The number of nitrogens with one attached hydrogen (secondary N) is 2. The Kier molecular flexibility index (Phi) is 5.72. The fourth-order valence-electron chi connectivity index (χ4n) is 1.31. The van der Waals surface area contributed by atoms with Gasteiger partial charge in [-0.2, -0.15) is 0 Å². The van der Waals surface area contributed by atoms with Gasteiger partial charge in [0.2, 0.25) is 5.91 Å². The van der Waals surface area contributed by atoms with E-state index in [1.165, 1.54) is 6.92 Å². The van der Waals surface area contributed by atoms with Crippen LogP contribution in [0.5, 0.6) is 0 Å². The zero-order chi connectivity index (χ0) is 11.8. The highest BCUT2D eigenvalue weighted by atomic mass is 35.5. The van der Waals surface area contributed by atoms with E-state index in [4.69, 9.17) is 11.6 Å². The van der Waals surface area contributed by atoms with Gasteiger partial charge >= 0.3 is 0 Å². The Labute approximate surface area is 101 Å². The van der Waals surface area contributed by atoms with Gasteiger partial charge in [0.1, 0.15) is 0 Å². The average Bonchev–Trinajstić information content (AvgIpc) is 2.25. The number of benzene rings is 1. The highest BCUT2D eigenvalue weighted by Crippen LogP contribution is 2.13. The van der Waals surface area contributed by atoms with Gasteiger partial charge < -0.3 is 10.6 Å². The van der Waals surface area contributed by atoms with Crippen molar-refractivity contribution < 1.29 is 4.79 Å². The SMILES string of the molecule is CC(=O)NCCCCNc1ccc(Cl)cc1. The van der Waals surface area contributed by atoms with E-state index in [9.17, 15) is 4.79 Å². The fourth-order valence-corrected chi connectivity index (χ4v) is 1.44. The van der Waals surface area contributed by atoms with Crippen LogP contribution in [0.15, 0.2) is 24.3 Å². The second kappa shape index (κ2) is 7.12. The van der Waals surface area contributed by atoms with E-state index in [0.29, 0.717) is 0 Å². The first-order chi connectivity index (χ1) is 7.68. The van der Waals surface area contributed by atoms with E-state index in [1.54, 1.807) is 0 Å². The van der Waals surface area contributed by atoms with Gasteiger partial charge in [0, 0.05) is 30.7 Å². The lowest BCUT2D eigenvalue weighted by molar-refractivity contribution is -0.118. The van der Waals surface area contributed by atoms with Gasteiger partial charge in [-0.15, -0.1) is 0 Å². The Hall–Kier alpha value is -1.22. The molecular weight excluding hydrogens is 224 g/mol. The van der Waals surface area contributed by atoms with Crippen LogP contribution in [0.1, 0.15) is 19.8 Å². The van der Waals surface area contributed by atoms with E-state index in [0.717, 1.165) is 36.6 Å². The number of halogens is 1. The van der Waals surface area contributed by atoms with Crippen molar-refractivity contribution in [1.29, 1.82) is 0 Å². The maximum atomic E-state index is 10.6. The van der Waals surface area contributed by atoms with Crippen LogP contribution in [0.2, 0.25) is 5.02 Å². The molecule has 1 rings (SSSR count). The van der Waals surface area contributed by atoms with Crippen LogP contribution in [0.25, 0.3) is 0 Å². The van der Waals surface area contributed by atoms with Crippen LogP contribution in [-0.4, -0.2) is 19.0 Å². The molecule has 1 aromatic rings. The largest absolute Gasteiger partial charge is 0.385 e. The van der Waals surface area contributed by atoms with Gasteiger partial charge in [0.25, 0.3) is 0 Å². The number of anilines is 1. The summed E-state index contributed by atoms with van der Waals surface area (Å²) in [6, 6.07) is 7.63. The summed E-state index contributed by atoms with van der Waals surface area (Å²) in [6.07, 6.45) is 2.02. The maximum absolute atomic E-state index is 10.6. The summed E-state index contributed by atoms with van der Waals surface area (Å²) in [6.45, 7) is 3.19. The lowest BCUT2D eigenvalue weighted by Gasteiger charge is -2.06. The number of carbonyl (C=O) groups excluding carboxylic acids is 1. The van der Waals surface area contributed by atoms with Gasteiger partial charge in [-0.25, -0.2) is 0 Å². The minimum atomic E-state index is 0.0330. The summed E-state index contributed by atoms with van der Waals surface area (Å²) in [7, 11) is 0. The second-order valence-electron chi connectivity index (χ2n) is 3.62. The topological polar surface area (TPSA) is 41.1 Å². The lowest BCUT2D eigenvalue weighted by atomic mass is 10.3. The van der Waals surface area contributed by atoms with Crippen molar-refractivity contribution in [2.24, 2.45) is 0 Å². The van der Waals surface area contributed by atoms with E-state index < -0.39 is 0 Å². The van der Waals surface area contributed by atoms with Gasteiger partial charge in [0.05, 0.1) is 0 Å². The first-order valence-electron chi connectivity index (χ1n) is 5.42. The normalized spacial score (nSPS) is 9.88. The van der Waals surface area contributed by atoms with Crippen molar-refractivity contribution in [2.45, 2.75) is 19.8 Å². The summed E-state index contributed by atoms with van der Waals surface area (Å²) >= 11 is 5.78. The molecule has 0 unspecified atom stereocenters. The molecular formula is C12H17ClN2O. The van der Waals surface area contributed by atoms with Crippen molar-refractivity contribution in [3.05, 3.63) is 29.3 Å². The van der Waals surface area contributed by atoms with Crippen molar-refractivity contribution in [3.8, 4) is 0 Å². The van der Waals surface area contributed by atoms with Crippen molar-refractivity contribution in [1.82, 2.24) is 5.32 Å². The quantitative estimate of drug-likeness (QED) is 0.751. The smallest absolute Gasteiger partial charge is 0.216 e. The Morgan fingerprint density at radius 2 is 1.81 bits per heavy atom. The van der Waals surface area contributed by atoms with E-state index in [1.807, 2.05) is 24.3 Å². The zero-order valence-electron chi connectivity index (χ0n) is 9.42. The monoisotopic (exact) mass is 240 g/mol. The molecule has 1 aromatic carbocycles. The Morgan fingerprint density at radius 1 is 1.19 bits per heavy atom. The molecule has 0 aromatic heterocycles. The minimum Gasteiger partial charge on any atom is -0.385 e. The molecule has 0 bridgehead atoms. The number of amides is 1. The third-order valence-corrected chi connectivity index (χ3v) is 2.40. The zero-order valence-corrected chi connectivity index (χ0v) is 10.2. The number of hydrogen-bond donors (Lipinski definition) is 2. The number of carbonyl (C=O) groups is 1. The molecule has 0 aliphatic rings. The summed E-state index contributed by atoms with van der Waals surface area (Å²) in [5, 5.41) is 6.80. The van der Waals surface area contributed by atoms with E-state index >= 15 is 0 Å². The predicted octanol–water partition coefficient (Wildman–Crippen LogP) is 2.67. The Morgan fingerprint density at radius 3 is 2.44 bits per heavy atom. The molecule has 0 fully saturated rings. The second-order valence-corrected chi connectivity index (χ2v) is 4.06. The molecule has 0 atom stereocenters. The molecule has 16 heavy (non-hydrogen) atoms. The fraction of sp³-hybridized carbons (Fsp3) is 0.417. The average molecular weight is 241 g/mol. The van der Waals surface area contributed by atoms with Crippen LogP contribution in [0.3, 0.4) is 0 Å². The van der Waals surface area contributed by atoms with Gasteiger partial charge in [-0.1, -0.05) is 11.6 Å². The molecule has 0 heterocycles. The first kappa shape index (κ1) is 12.8. The Bertz CT molecular complexity index is 324. The number of hydrogen-bond acceptors (Lipinski definition) is 2. The minimum absolute atomic E-state index is 0.0330. The third kappa shape index (κ3) is 5.61. The molecule has 0 aliphatic carbocycles. The van der Waals surface area contributed by atoms with Gasteiger partial charge in [-0.3, -0.25) is 4.79 Å². The van der Waals surface area contributed by atoms with Gasteiger partial charge in [-0.05, 0) is 37.1 Å². The molecule has 0 radical (unpaired) electrons. The molecule has 0 aliphatic heterocycles. The maximum Gasteiger partial charge on any atom is 0.216 e. The summed E-state index contributed by atoms with van der Waals surface area (Å²) in [4.78, 5) is 10.6. The third-order valence-electron chi connectivity index (χ3n) is 2.15. The predicted molar refractivity (Wildman–Crippen MR) is 67.9 cm³/mol. The van der Waals surface area contributed by atoms with Crippen LogP contribution in [0.4, 0.5) is 5.69 Å². The molecule has 0 saturated carbocycles. The standard InChI is InChI=1S/C12H17ClN2O/c1-10(16)14-8-2-3-9-15-12-6-4-11(13)5-7-12/h4-7,15H,2-3,8-9H2,1H3,(H,14,16). The van der Waals surface area contributed by atoms with Crippen molar-refractivity contribution in [3.63, 3.8) is 0 Å². The summed E-state index contributed by atoms with van der Waals surface area (Å²) < 4.78 is 0. The van der Waals surface area contributed by atoms with Crippen LogP contribution in [-0.2, 0) is 4.79 Å². The molecule has 1 amide bonds. The van der Waals surface area contributed by atoms with Crippen LogP contribution >= 0.6 is 11.6 Å². The van der Waals surface area contributed by atoms with Crippen molar-refractivity contribution >= 4 is 23.2 Å². The molecule has 2 N–H and O–H groups in total. The first-order valence-corrected chi connectivity index (χ1v) is 5.80. The summed E-state index contributed by atoms with van der Waals surface area (Å²) in [5.41, 5.74) is 1.07. The van der Waals surface area contributed by atoms with Crippen molar-refractivity contribution in [2.75, 3.05) is 18.4 Å². The Balaban J connectivity index is 2.07. The molecule has 4 heteroatoms. The summed E-state index contributed by atoms with van der Waals surface area (Å²) in [5.74, 6) is 0.0330. The molecule has 3 nitrogen and oxygen atoms in total. The highest BCUT2D eigenvalue weighted by Gasteiger charge is 1.93. The highest BCUT2D eigenvalue weighted by molar-refractivity contribution is 6.30. The lowest BCUT2D eigenvalue weighted by Crippen LogP contribution is -2.21. The number of unbranched alkanes of at least 4 members (excludes halogenated alkanes) is 1. The van der Waals surface area contributed by atoms with E-state index in [2.05, 4.69) is 10.6 Å². The van der Waals surface area contributed by atoms with Gasteiger partial charge in [0.15, 0.2) is 0 Å². The van der Waals surface area contributed by atoms with Crippen LogP contribution in [0, 0.1) is 0 Å². The van der Waals surface area contributed by atoms with Crippen LogP contribution < -0.4 is 10.6 Å². The number of rotatable bonds is 6. The molecule has 0 saturated heterocycles. The van der Waals surface area contributed by atoms with E-state index in [-0.39, 0.29) is 5.91 Å². The molecule has 88 valence electrons.